The normalized spacial score (nSPS) is 21.9. The Labute approximate surface area is 122 Å². The zero-order valence-electron chi connectivity index (χ0n) is 11.7. The first kappa shape index (κ1) is 15.7. The Kier molecular flexibility index (Phi) is 5.50. The van der Waals surface area contributed by atoms with Crippen LogP contribution in [-0.4, -0.2) is 23.8 Å². The number of carbonyl (C=O) groups is 1. The number of nitrogens with one attached hydrogen (secondary N) is 2. The van der Waals surface area contributed by atoms with E-state index in [9.17, 15) is 13.6 Å². The standard InChI is InChI=1S/C15H20F2N2O2/c16-12-3-6-14(17)11(7-12)8-18-15(21)19-13-4-1-10(9-20)2-5-13/h3,6-7,10,13,20H,1-2,4-5,8-9H2,(H2,18,19,21). The van der Waals surface area contributed by atoms with Crippen molar-refractivity contribution in [2.24, 2.45) is 5.92 Å². The maximum absolute atomic E-state index is 13.4. The summed E-state index contributed by atoms with van der Waals surface area (Å²) in [6.07, 6.45) is 3.43. The molecule has 3 N–H and O–H groups in total. The molecule has 2 amide bonds. The maximum Gasteiger partial charge on any atom is 0.315 e. The summed E-state index contributed by atoms with van der Waals surface area (Å²) in [5.41, 5.74) is 0.120. The SMILES string of the molecule is O=C(NCc1cc(F)ccc1F)NC1CCC(CO)CC1. The summed E-state index contributed by atoms with van der Waals surface area (Å²) in [5.74, 6) is -0.747. The Balaban J connectivity index is 1.76. The maximum atomic E-state index is 13.4. The van der Waals surface area contributed by atoms with Gasteiger partial charge in [0.25, 0.3) is 0 Å². The first-order valence-electron chi connectivity index (χ1n) is 7.17. The third kappa shape index (κ3) is 4.67. The molecule has 1 aromatic carbocycles. The summed E-state index contributed by atoms with van der Waals surface area (Å²) in [5, 5.41) is 14.4. The van der Waals surface area contributed by atoms with Gasteiger partial charge in [0.05, 0.1) is 0 Å². The first-order valence-corrected chi connectivity index (χ1v) is 7.17. The number of hydrogen-bond donors (Lipinski definition) is 3. The van der Waals surface area contributed by atoms with E-state index in [0.717, 1.165) is 43.9 Å². The van der Waals surface area contributed by atoms with E-state index in [2.05, 4.69) is 10.6 Å². The van der Waals surface area contributed by atoms with Crippen LogP contribution in [0.25, 0.3) is 0 Å². The highest BCUT2D eigenvalue weighted by atomic mass is 19.1. The lowest BCUT2D eigenvalue weighted by Gasteiger charge is -2.27. The van der Waals surface area contributed by atoms with Crippen molar-refractivity contribution in [1.29, 1.82) is 0 Å². The topological polar surface area (TPSA) is 61.4 Å². The van der Waals surface area contributed by atoms with Crippen molar-refractivity contribution in [2.75, 3.05) is 6.61 Å². The molecule has 4 nitrogen and oxygen atoms in total. The molecule has 1 aliphatic rings. The molecule has 1 aliphatic carbocycles. The van der Waals surface area contributed by atoms with Gasteiger partial charge in [-0.3, -0.25) is 0 Å². The van der Waals surface area contributed by atoms with Crippen molar-refractivity contribution >= 4 is 6.03 Å². The molecule has 1 fully saturated rings. The summed E-state index contributed by atoms with van der Waals surface area (Å²) in [7, 11) is 0. The third-order valence-electron chi connectivity index (χ3n) is 3.89. The molecule has 0 bridgehead atoms. The zero-order valence-corrected chi connectivity index (χ0v) is 11.7. The van der Waals surface area contributed by atoms with E-state index in [-0.39, 0.29) is 30.8 Å². The van der Waals surface area contributed by atoms with E-state index in [4.69, 9.17) is 5.11 Å². The Bertz CT molecular complexity index is 489. The van der Waals surface area contributed by atoms with Gasteiger partial charge in [-0.25, -0.2) is 13.6 Å². The monoisotopic (exact) mass is 298 g/mol. The Hall–Kier alpha value is -1.69. The van der Waals surface area contributed by atoms with E-state index in [0.29, 0.717) is 5.92 Å². The van der Waals surface area contributed by atoms with Crippen molar-refractivity contribution < 1.29 is 18.7 Å². The predicted octanol–water partition coefficient (Wildman–Crippen LogP) is 2.32. The van der Waals surface area contributed by atoms with Gasteiger partial charge in [-0.1, -0.05) is 0 Å². The number of carbonyl (C=O) groups excluding carboxylic acids is 1. The lowest BCUT2D eigenvalue weighted by molar-refractivity contribution is 0.174. The number of rotatable bonds is 4. The fraction of sp³-hybridized carbons (Fsp3) is 0.533. The highest BCUT2D eigenvalue weighted by Crippen LogP contribution is 2.23. The fourth-order valence-electron chi connectivity index (χ4n) is 2.58. The number of amides is 2. The second kappa shape index (κ2) is 7.36. The molecule has 2 rings (SSSR count). The summed E-state index contributed by atoms with van der Waals surface area (Å²) >= 11 is 0. The van der Waals surface area contributed by atoms with Gasteiger partial charge in [0, 0.05) is 24.8 Å². The minimum Gasteiger partial charge on any atom is -0.396 e. The van der Waals surface area contributed by atoms with Crippen LogP contribution in [0.15, 0.2) is 18.2 Å². The molecule has 0 aromatic heterocycles. The van der Waals surface area contributed by atoms with Crippen LogP contribution < -0.4 is 10.6 Å². The molecule has 0 radical (unpaired) electrons. The largest absolute Gasteiger partial charge is 0.396 e. The molecule has 1 saturated carbocycles. The van der Waals surface area contributed by atoms with E-state index in [1.807, 2.05) is 0 Å². The summed E-state index contributed by atoms with van der Waals surface area (Å²) in [6, 6.07) is 2.84. The van der Waals surface area contributed by atoms with Crippen molar-refractivity contribution in [1.82, 2.24) is 10.6 Å². The van der Waals surface area contributed by atoms with Crippen LogP contribution >= 0.6 is 0 Å². The molecule has 0 unspecified atom stereocenters. The second-order valence-electron chi connectivity index (χ2n) is 5.46. The molecule has 1 aromatic rings. The number of benzene rings is 1. The number of aliphatic hydroxyl groups is 1. The minimum atomic E-state index is -0.542. The van der Waals surface area contributed by atoms with Crippen molar-refractivity contribution in [3.05, 3.63) is 35.4 Å². The lowest BCUT2D eigenvalue weighted by atomic mass is 9.87. The van der Waals surface area contributed by atoms with Crippen LogP contribution in [0.2, 0.25) is 0 Å². The average molecular weight is 298 g/mol. The molecule has 21 heavy (non-hydrogen) atoms. The molecule has 0 spiro atoms. The van der Waals surface area contributed by atoms with Crippen LogP contribution in [0.4, 0.5) is 13.6 Å². The second-order valence-corrected chi connectivity index (χ2v) is 5.46. The zero-order chi connectivity index (χ0) is 15.2. The molecular formula is C15H20F2N2O2. The molecule has 116 valence electrons. The highest BCUT2D eigenvalue weighted by Gasteiger charge is 2.21. The number of urea groups is 1. The molecular weight excluding hydrogens is 278 g/mol. The van der Waals surface area contributed by atoms with E-state index >= 15 is 0 Å². The summed E-state index contributed by atoms with van der Waals surface area (Å²) < 4.78 is 26.4. The van der Waals surface area contributed by atoms with Gasteiger partial charge in [-0.05, 0) is 49.8 Å². The predicted molar refractivity (Wildman–Crippen MR) is 74.6 cm³/mol. The van der Waals surface area contributed by atoms with Gasteiger partial charge < -0.3 is 15.7 Å². The fourth-order valence-corrected chi connectivity index (χ4v) is 2.58. The Morgan fingerprint density at radius 3 is 2.62 bits per heavy atom. The van der Waals surface area contributed by atoms with E-state index in [1.165, 1.54) is 0 Å². The Morgan fingerprint density at radius 1 is 1.24 bits per heavy atom. The van der Waals surface area contributed by atoms with Gasteiger partial charge in [-0.2, -0.15) is 0 Å². The van der Waals surface area contributed by atoms with E-state index in [1.54, 1.807) is 0 Å². The Morgan fingerprint density at radius 2 is 1.95 bits per heavy atom. The number of hydrogen-bond acceptors (Lipinski definition) is 2. The van der Waals surface area contributed by atoms with Crippen LogP contribution in [0.1, 0.15) is 31.2 Å². The quantitative estimate of drug-likeness (QED) is 0.799. The highest BCUT2D eigenvalue weighted by molar-refractivity contribution is 5.74. The molecule has 6 heteroatoms. The van der Waals surface area contributed by atoms with Gasteiger partial charge in [0.15, 0.2) is 0 Å². The number of halogens is 2. The minimum absolute atomic E-state index is 0.0542. The van der Waals surface area contributed by atoms with Gasteiger partial charge in [-0.15, -0.1) is 0 Å². The lowest BCUT2D eigenvalue weighted by Crippen LogP contribution is -2.43. The van der Waals surface area contributed by atoms with E-state index < -0.39 is 11.6 Å². The molecule has 0 saturated heterocycles. The smallest absolute Gasteiger partial charge is 0.315 e. The third-order valence-corrected chi connectivity index (χ3v) is 3.89. The summed E-state index contributed by atoms with van der Waals surface area (Å²) in [4.78, 5) is 11.7. The molecule has 0 atom stereocenters. The van der Waals surface area contributed by atoms with Gasteiger partial charge >= 0.3 is 6.03 Å². The molecule has 0 heterocycles. The molecule has 0 aliphatic heterocycles. The summed E-state index contributed by atoms with van der Waals surface area (Å²) in [6.45, 7) is 0.138. The van der Waals surface area contributed by atoms with Gasteiger partial charge in [0.1, 0.15) is 11.6 Å². The number of aliphatic hydroxyl groups excluding tert-OH is 1. The van der Waals surface area contributed by atoms with Crippen molar-refractivity contribution in [3.8, 4) is 0 Å². The van der Waals surface area contributed by atoms with Crippen LogP contribution in [0.3, 0.4) is 0 Å². The first-order chi connectivity index (χ1) is 10.1. The van der Waals surface area contributed by atoms with Crippen LogP contribution in [-0.2, 0) is 6.54 Å². The van der Waals surface area contributed by atoms with Crippen LogP contribution in [0, 0.1) is 17.6 Å². The van der Waals surface area contributed by atoms with Crippen molar-refractivity contribution in [2.45, 2.75) is 38.3 Å². The van der Waals surface area contributed by atoms with Crippen LogP contribution in [0.5, 0.6) is 0 Å². The average Bonchev–Trinajstić information content (AvgIpc) is 2.49. The van der Waals surface area contributed by atoms with Gasteiger partial charge in [0.2, 0.25) is 0 Å². The van der Waals surface area contributed by atoms with Crippen molar-refractivity contribution in [3.63, 3.8) is 0 Å².